The van der Waals surface area contributed by atoms with E-state index in [4.69, 9.17) is 11.2 Å². The molecule has 114 valence electrons. The van der Waals surface area contributed by atoms with Crippen LogP contribution in [0.25, 0.3) is 0 Å². The summed E-state index contributed by atoms with van der Waals surface area (Å²) in [5, 5.41) is 6.22. The summed E-state index contributed by atoms with van der Waals surface area (Å²) in [5.74, 6) is 4.23. The number of guanidine groups is 1. The number of hydrogen-bond acceptors (Lipinski definition) is 2. The predicted molar refractivity (Wildman–Crippen MR) is 88.7 cm³/mol. The van der Waals surface area contributed by atoms with E-state index in [-0.39, 0.29) is 0 Å². The van der Waals surface area contributed by atoms with E-state index >= 15 is 0 Å². The average Bonchev–Trinajstić information content (AvgIpc) is 2.50. The van der Waals surface area contributed by atoms with Gasteiger partial charge in [0.1, 0.15) is 5.75 Å². The van der Waals surface area contributed by atoms with Gasteiger partial charge in [-0.3, -0.25) is 4.99 Å². The van der Waals surface area contributed by atoms with Gasteiger partial charge in [-0.15, -0.1) is 6.42 Å². The Morgan fingerprint density at radius 2 is 2.00 bits per heavy atom. The zero-order valence-electron chi connectivity index (χ0n) is 13.0. The van der Waals surface area contributed by atoms with Crippen molar-refractivity contribution in [2.45, 2.75) is 26.7 Å². The van der Waals surface area contributed by atoms with E-state index in [0.29, 0.717) is 13.2 Å². The van der Waals surface area contributed by atoms with Gasteiger partial charge in [0.15, 0.2) is 5.96 Å². The van der Waals surface area contributed by atoms with Crippen LogP contribution in [-0.4, -0.2) is 32.2 Å². The second-order valence-corrected chi connectivity index (χ2v) is 4.69. The molecule has 0 atom stereocenters. The van der Waals surface area contributed by atoms with Gasteiger partial charge in [-0.2, -0.15) is 0 Å². The Morgan fingerprint density at radius 1 is 1.24 bits per heavy atom. The highest BCUT2D eigenvalue weighted by Gasteiger charge is 1.96. The van der Waals surface area contributed by atoms with Crippen LogP contribution in [0.3, 0.4) is 0 Å². The molecule has 1 aromatic rings. The number of ether oxygens (including phenoxy) is 1. The molecule has 0 radical (unpaired) electrons. The molecular weight excluding hydrogens is 262 g/mol. The number of aryl methyl sites for hydroxylation is 1. The van der Waals surface area contributed by atoms with Crippen molar-refractivity contribution in [3.8, 4) is 18.1 Å². The Kier molecular flexibility index (Phi) is 8.54. The first kappa shape index (κ1) is 16.9. The van der Waals surface area contributed by atoms with E-state index in [1.54, 1.807) is 0 Å². The fourth-order valence-corrected chi connectivity index (χ4v) is 1.71. The van der Waals surface area contributed by atoms with Crippen LogP contribution in [0.15, 0.2) is 29.3 Å². The van der Waals surface area contributed by atoms with Gasteiger partial charge >= 0.3 is 0 Å². The van der Waals surface area contributed by atoms with Gasteiger partial charge in [-0.25, -0.2) is 0 Å². The number of rotatable bonds is 8. The lowest BCUT2D eigenvalue weighted by Gasteiger charge is -2.09. The van der Waals surface area contributed by atoms with Crippen molar-refractivity contribution >= 4 is 5.96 Å². The van der Waals surface area contributed by atoms with E-state index in [0.717, 1.165) is 37.6 Å². The summed E-state index contributed by atoms with van der Waals surface area (Å²) in [7, 11) is 0. The molecule has 0 saturated carbocycles. The molecule has 0 amide bonds. The number of aliphatic imine (C=N–C) groups is 1. The normalized spacial score (nSPS) is 10.8. The number of benzene rings is 1. The fraction of sp³-hybridized carbons (Fsp3) is 0.471. The van der Waals surface area contributed by atoms with Crippen LogP contribution >= 0.6 is 0 Å². The molecule has 0 aliphatic carbocycles. The summed E-state index contributed by atoms with van der Waals surface area (Å²) in [5.41, 5.74) is 1.24. The summed E-state index contributed by atoms with van der Waals surface area (Å²) < 4.78 is 5.67. The monoisotopic (exact) mass is 287 g/mol. The Morgan fingerprint density at radius 3 is 2.67 bits per heavy atom. The van der Waals surface area contributed by atoms with Crippen LogP contribution in [0.1, 0.15) is 25.3 Å². The lowest BCUT2D eigenvalue weighted by molar-refractivity contribution is 0.308. The molecule has 4 nitrogen and oxygen atoms in total. The maximum atomic E-state index is 5.67. The number of nitrogens with zero attached hydrogens (tertiary/aromatic N) is 1. The summed E-state index contributed by atoms with van der Waals surface area (Å²) in [6, 6.07) is 8.11. The molecule has 2 N–H and O–H groups in total. The number of terminal acetylenes is 1. The minimum absolute atomic E-state index is 0.488. The molecule has 21 heavy (non-hydrogen) atoms. The second-order valence-electron chi connectivity index (χ2n) is 4.69. The van der Waals surface area contributed by atoms with Crippen LogP contribution in [0, 0.1) is 19.3 Å². The first-order valence-corrected chi connectivity index (χ1v) is 7.41. The zero-order valence-corrected chi connectivity index (χ0v) is 13.0. The van der Waals surface area contributed by atoms with Gasteiger partial charge in [0.05, 0.1) is 13.2 Å². The lowest BCUT2D eigenvalue weighted by Crippen LogP contribution is -2.37. The van der Waals surface area contributed by atoms with Gasteiger partial charge in [-0.1, -0.05) is 23.6 Å². The van der Waals surface area contributed by atoms with Crippen molar-refractivity contribution in [1.82, 2.24) is 10.6 Å². The largest absolute Gasteiger partial charge is 0.494 e. The molecule has 0 saturated heterocycles. The predicted octanol–water partition coefficient (Wildman–Crippen LogP) is 2.34. The zero-order chi connectivity index (χ0) is 15.3. The van der Waals surface area contributed by atoms with Crippen molar-refractivity contribution in [1.29, 1.82) is 0 Å². The van der Waals surface area contributed by atoms with Crippen LogP contribution in [0.5, 0.6) is 5.75 Å². The van der Waals surface area contributed by atoms with E-state index < -0.39 is 0 Å². The number of unbranched alkanes of at least 4 members (excludes halogenated alkanes) is 1. The van der Waals surface area contributed by atoms with Crippen LogP contribution in [0.4, 0.5) is 0 Å². The summed E-state index contributed by atoms with van der Waals surface area (Å²) >= 11 is 0. The van der Waals surface area contributed by atoms with Crippen molar-refractivity contribution in [3.05, 3.63) is 29.8 Å². The lowest BCUT2D eigenvalue weighted by atomic mass is 10.2. The Balaban J connectivity index is 2.17. The van der Waals surface area contributed by atoms with Crippen LogP contribution in [0.2, 0.25) is 0 Å². The van der Waals surface area contributed by atoms with Gasteiger partial charge in [0, 0.05) is 13.1 Å². The van der Waals surface area contributed by atoms with Crippen molar-refractivity contribution in [2.75, 3.05) is 26.2 Å². The molecule has 1 rings (SSSR count). The Labute approximate surface area is 128 Å². The third-order valence-corrected chi connectivity index (χ3v) is 2.81. The Hall–Kier alpha value is -2.15. The highest BCUT2D eigenvalue weighted by molar-refractivity contribution is 5.79. The minimum atomic E-state index is 0.488. The smallest absolute Gasteiger partial charge is 0.192 e. The highest BCUT2D eigenvalue weighted by Crippen LogP contribution is 2.11. The van der Waals surface area contributed by atoms with E-state index in [1.807, 2.05) is 19.1 Å². The van der Waals surface area contributed by atoms with Crippen molar-refractivity contribution in [3.63, 3.8) is 0 Å². The molecular formula is C17H25N3O. The SMILES string of the molecule is C#CCNC(=NCCCCOc1ccc(C)cc1)NCC. The second kappa shape index (κ2) is 10.6. The molecule has 0 unspecified atom stereocenters. The van der Waals surface area contributed by atoms with Gasteiger partial charge < -0.3 is 15.4 Å². The molecule has 0 fully saturated rings. The van der Waals surface area contributed by atoms with Gasteiger partial charge in [-0.05, 0) is 38.8 Å². The molecule has 0 aliphatic rings. The standard InChI is InChI=1S/C17H25N3O/c1-4-12-19-17(18-5-2)20-13-6-7-14-21-16-10-8-15(3)9-11-16/h1,8-11H,5-7,12-14H2,2-3H3,(H2,18,19,20). The molecule has 0 bridgehead atoms. The Bertz CT molecular complexity index is 460. The topological polar surface area (TPSA) is 45.7 Å². The molecule has 0 aromatic heterocycles. The minimum Gasteiger partial charge on any atom is -0.494 e. The highest BCUT2D eigenvalue weighted by atomic mass is 16.5. The third-order valence-electron chi connectivity index (χ3n) is 2.81. The third kappa shape index (κ3) is 7.88. The average molecular weight is 287 g/mol. The maximum Gasteiger partial charge on any atom is 0.192 e. The van der Waals surface area contributed by atoms with Gasteiger partial charge in [0.2, 0.25) is 0 Å². The van der Waals surface area contributed by atoms with E-state index in [1.165, 1.54) is 5.56 Å². The van der Waals surface area contributed by atoms with Crippen molar-refractivity contribution in [2.24, 2.45) is 4.99 Å². The van der Waals surface area contributed by atoms with Gasteiger partial charge in [0.25, 0.3) is 0 Å². The number of nitrogens with one attached hydrogen (secondary N) is 2. The first-order chi connectivity index (χ1) is 10.3. The molecule has 4 heteroatoms. The van der Waals surface area contributed by atoms with Crippen LogP contribution in [-0.2, 0) is 0 Å². The van der Waals surface area contributed by atoms with E-state index in [2.05, 4.69) is 40.6 Å². The molecule has 1 aromatic carbocycles. The molecule has 0 heterocycles. The fourth-order valence-electron chi connectivity index (χ4n) is 1.71. The maximum absolute atomic E-state index is 5.67. The molecule has 0 aliphatic heterocycles. The quantitative estimate of drug-likeness (QED) is 0.334. The first-order valence-electron chi connectivity index (χ1n) is 7.41. The van der Waals surface area contributed by atoms with Crippen molar-refractivity contribution < 1.29 is 4.74 Å². The summed E-state index contributed by atoms with van der Waals surface area (Å²) in [6.45, 7) is 6.89. The summed E-state index contributed by atoms with van der Waals surface area (Å²) in [6.07, 6.45) is 7.18. The molecule has 0 spiro atoms. The summed E-state index contributed by atoms with van der Waals surface area (Å²) in [4.78, 5) is 4.45. The van der Waals surface area contributed by atoms with Crippen LogP contribution < -0.4 is 15.4 Å². The number of hydrogen-bond donors (Lipinski definition) is 2. The van der Waals surface area contributed by atoms with E-state index in [9.17, 15) is 0 Å².